The zero-order valence-electron chi connectivity index (χ0n) is 21.4. The van der Waals surface area contributed by atoms with E-state index < -0.39 is 0 Å². The fraction of sp³-hybridized carbons (Fsp3) is 0.448. The molecule has 2 aliphatic rings. The van der Waals surface area contributed by atoms with Gasteiger partial charge in [0, 0.05) is 24.6 Å². The Bertz CT molecular complexity index is 1180. The molecule has 0 aliphatic carbocycles. The van der Waals surface area contributed by atoms with Crippen molar-refractivity contribution in [3.05, 3.63) is 74.1 Å². The van der Waals surface area contributed by atoms with Gasteiger partial charge in [0.2, 0.25) is 5.91 Å². The maximum Gasteiger partial charge on any atom is 0.264 e. The van der Waals surface area contributed by atoms with E-state index in [0.717, 1.165) is 30.6 Å². The molecule has 5 rings (SSSR count). The molecule has 2 aliphatic heterocycles. The third kappa shape index (κ3) is 6.08. The lowest BCUT2D eigenvalue weighted by Gasteiger charge is -2.37. The fourth-order valence-corrected chi connectivity index (χ4v) is 6.68. The minimum Gasteiger partial charge on any atom is -0.491 e. The number of nitrogens with zero attached hydrogens (tertiary/aromatic N) is 2. The van der Waals surface area contributed by atoms with Crippen molar-refractivity contribution in [2.45, 2.75) is 51.2 Å². The molecule has 0 radical (unpaired) electrons. The van der Waals surface area contributed by atoms with Crippen molar-refractivity contribution in [2.24, 2.45) is 0 Å². The third-order valence-electron chi connectivity index (χ3n) is 7.16. The molecule has 0 bridgehead atoms. The summed E-state index contributed by atoms with van der Waals surface area (Å²) in [6.45, 7) is 6.52. The third-order valence-corrected chi connectivity index (χ3v) is 9.02. The van der Waals surface area contributed by atoms with E-state index in [9.17, 15) is 9.59 Å². The second kappa shape index (κ2) is 11.8. The number of fused-ring (bicyclic) bond motifs is 1. The van der Waals surface area contributed by atoms with Crippen LogP contribution in [-0.2, 0) is 16.0 Å². The second-order valence-corrected chi connectivity index (χ2v) is 11.9. The summed E-state index contributed by atoms with van der Waals surface area (Å²) in [6, 6.07) is 13.8. The van der Waals surface area contributed by atoms with Crippen molar-refractivity contribution >= 4 is 34.5 Å². The van der Waals surface area contributed by atoms with Gasteiger partial charge in [0.1, 0.15) is 18.9 Å². The van der Waals surface area contributed by atoms with Gasteiger partial charge in [-0.1, -0.05) is 32.0 Å². The molecule has 8 heteroatoms. The van der Waals surface area contributed by atoms with Gasteiger partial charge in [0.25, 0.3) is 5.91 Å². The molecule has 0 saturated carbocycles. The predicted molar refractivity (Wildman–Crippen MR) is 148 cm³/mol. The molecule has 3 aromatic rings. The first-order chi connectivity index (χ1) is 18.0. The molecular formula is C29H34N2O4S2. The van der Waals surface area contributed by atoms with Crippen LogP contribution >= 0.6 is 22.7 Å². The predicted octanol–water partition coefficient (Wildman–Crippen LogP) is 5.76. The summed E-state index contributed by atoms with van der Waals surface area (Å²) in [5.74, 6) is 1.10. The molecule has 1 fully saturated rings. The Morgan fingerprint density at radius 2 is 1.97 bits per heavy atom. The smallest absolute Gasteiger partial charge is 0.264 e. The summed E-state index contributed by atoms with van der Waals surface area (Å²) >= 11 is 3.14. The van der Waals surface area contributed by atoms with Crippen molar-refractivity contribution in [1.29, 1.82) is 0 Å². The van der Waals surface area contributed by atoms with Crippen LogP contribution in [0.5, 0.6) is 5.75 Å². The van der Waals surface area contributed by atoms with Crippen molar-refractivity contribution in [1.82, 2.24) is 9.80 Å². The average Bonchev–Trinajstić information content (AvgIpc) is 3.69. The SMILES string of the molecule is CC(C)c1ccc(OC[C@@H]2c3ccsc3CCN2C(=O)CN(C[C@H]2CCCO2)C(=O)c2cccs2)cc1. The number of ether oxygens (including phenoxy) is 2. The van der Waals surface area contributed by atoms with Crippen LogP contribution in [0.3, 0.4) is 0 Å². The van der Waals surface area contributed by atoms with Gasteiger partial charge >= 0.3 is 0 Å². The molecule has 0 unspecified atom stereocenters. The highest BCUT2D eigenvalue weighted by Gasteiger charge is 2.34. The van der Waals surface area contributed by atoms with Crippen LogP contribution in [0.25, 0.3) is 0 Å². The molecule has 2 amide bonds. The van der Waals surface area contributed by atoms with Crippen LogP contribution in [0.2, 0.25) is 0 Å². The highest BCUT2D eigenvalue weighted by atomic mass is 32.1. The summed E-state index contributed by atoms with van der Waals surface area (Å²) in [7, 11) is 0. The largest absolute Gasteiger partial charge is 0.491 e. The standard InChI is InChI=1S/C29H34N2O4S2/c1-20(2)21-7-9-22(10-8-21)35-19-25-24-12-16-37-26(24)11-13-31(25)28(32)18-30(17-23-5-3-14-34-23)29(33)27-6-4-15-36-27/h4,6-10,12,15-16,20,23,25H,3,5,11,13-14,17-19H2,1-2H3/t23-,25-/m1/s1. The lowest BCUT2D eigenvalue weighted by Crippen LogP contribution is -2.49. The molecule has 2 atom stereocenters. The van der Waals surface area contributed by atoms with Crippen LogP contribution < -0.4 is 4.74 Å². The summed E-state index contributed by atoms with van der Waals surface area (Å²) in [5.41, 5.74) is 2.42. The molecule has 6 nitrogen and oxygen atoms in total. The number of carbonyl (C=O) groups is 2. The van der Waals surface area contributed by atoms with Gasteiger partial charge < -0.3 is 19.3 Å². The van der Waals surface area contributed by atoms with E-state index in [2.05, 4.69) is 37.4 Å². The number of amides is 2. The van der Waals surface area contributed by atoms with E-state index in [1.165, 1.54) is 21.8 Å². The molecule has 4 heterocycles. The highest BCUT2D eigenvalue weighted by molar-refractivity contribution is 7.12. The van der Waals surface area contributed by atoms with E-state index in [0.29, 0.717) is 37.1 Å². The maximum absolute atomic E-state index is 13.8. The summed E-state index contributed by atoms with van der Waals surface area (Å²) in [4.78, 5) is 32.6. The molecule has 1 aromatic carbocycles. The van der Waals surface area contributed by atoms with Crippen LogP contribution in [-0.4, -0.2) is 60.6 Å². The number of benzene rings is 1. The number of hydrogen-bond acceptors (Lipinski definition) is 6. The van der Waals surface area contributed by atoms with Crippen LogP contribution in [0, 0.1) is 0 Å². The molecule has 2 aromatic heterocycles. The summed E-state index contributed by atoms with van der Waals surface area (Å²) in [5, 5.41) is 3.98. The van der Waals surface area contributed by atoms with Gasteiger partial charge in [-0.15, -0.1) is 22.7 Å². The second-order valence-electron chi connectivity index (χ2n) is 9.98. The Balaban J connectivity index is 1.32. The maximum atomic E-state index is 13.8. The van der Waals surface area contributed by atoms with Crippen molar-refractivity contribution in [3.8, 4) is 5.75 Å². The van der Waals surface area contributed by atoms with Gasteiger partial charge in [0.15, 0.2) is 0 Å². The van der Waals surface area contributed by atoms with Crippen LogP contribution in [0.4, 0.5) is 0 Å². The van der Waals surface area contributed by atoms with Gasteiger partial charge in [-0.05, 0) is 71.3 Å². The van der Waals surface area contributed by atoms with Crippen molar-refractivity contribution in [3.63, 3.8) is 0 Å². The molecule has 0 spiro atoms. The molecule has 0 N–H and O–H groups in total. The fourth-order valence-electron chi connectivity index (χ4n) is 5.06. The van der Waals surface area contributed by atoms with E-state index in [1.807, 2.05) is 34.5 Å². The lowest BCUT2D eigenvalue weighted by molar-refractivity contribution is -0.135. The summed E-state index contributed by atoms with van der Waals surface area (Å²) < 4.78 is 12.0. The van der Waals surface area contributed by atoms with E-state index >= 15 is 0 Å². The van der Waals surface area contributed by atoms with Gasteiger partial charge in [0.05, 0.1) is 17.0 Å². The van der Waals surface area contributed by atoms with Crippen LogP contribution in [0.1, 0.15) is 64.3 Å². The molecule has 1 saturated heterocycles. The minimum absolute atomic E-state index is 0.0190. The van der Waals surface area contributed by atoms with Crippen LogP contribution in [0.15, 0.2) is 53.2 Å². The van der Waals surface area contributed by atoms with E-state index in [-0.39, 0.29) is 30.5 Å². The van der Waals surface area contributed by atoms with E-state index in [4.69, 9.17) is 9.47 Å². The Labute approximate surface area is 226 Å². The Morgan fingerprint density at radius 1 is 1.14 bits per heavy atom. The number of hydrogen-bond donors (Lipinski definition) is 0. The normalized spacial score (nSPS) is 19.2. The number of thiophene rings is 2. The first-order valence-corrected chi connectivity index (χ1v) is 14.8. The Kier molecular flexibility index (Phi) is 8.27. The van der Waals surface area contributed by atoms with Gasteiger partial charge in [-0.2, -0.15) is 0 Å². The number of carbonyl (C=O) groups excluding carboxylic acids is 2. The van der Waals surface area contributed by atoms with Crippen molar-refractivity contribution < 1.29 is 19.1 Å². The first kappa shape index (κ1) is 25.9. The molecular weight excluding hydrogens is 504 g/mol. The average molecular weight is 539 g/mol. The zero-order valence-corrected chi connectivity index (χ0v) is 23.1. The quantitative estimate of drug-likeness (QED) is 0.348. The Hall–Kier alpha value is -2.68. The first-order valence-electron chi connectivity index (χ1n) is 13.0. The Morgan fingerprint density at radius 3 is 2.68 bits per heavy atom. The summed E-state index contributed by atoms with van der Waals surface area (Å²) in [6.07, 6.45) is 2.71. The van der Waals surface area contributed by atoms with E-state index in [1.54, 1.807) is 16.2 Å². The molecule has 37 heavy (non-hydrogen) atoms. The van der Waals surface area contributed by atoms with Crippen molar-refractivity contribution in [2.75, 3.05) is 32.8 Å². The lowest BCUT2D eigenvalue weighted by atomic mass is 10.00. The monoisotopic (exact) mass is 538 g/mol. The minimum atomic E-state index is -0.186. The zero-order chi connectivity index (χ0) is 25.8. The highest BCUT2D eigenvalue weighted by Crippen LogP contribution is 2.34. The molecule has 196 valence electrons. The van der Waals surface area contributed by atoms with Gasteiger partial charge in [-0.25, -0.2) is 0 Å². The number of rotatable bonds is 9. The van der Waals surface area contributed by atoms with Gasteiger partial charge in [-0.3, -0.25) is 9.59 Å². The topological polar surface area (TPSA) is 59.1 Å².